The molecule has 6 heteroatoms. The normalized spacial score (nSPS) is 12.5. The summed E-state index contributed by atoms with van der Waals surface area (Å²) in [4.78, 5) is 6.27. The molecule has 17 heavy (non-hydrogen) atoms. The smallest absolute Gasteiger partial charge is 0.149 e. The monoisotopic (exact) mass is 293 g/mol. The number of nitrogens with zero attached hydrogens (tertiary/aromatic N) is 2. The van der Waals surface area contributed by atoms with Gasteiger partial charge in [0.2, 0.25) is 0 Å². The van der Waals surface area contributed by atoms with E-state index in [1.54, 1.807) is 6.07 Å². The summed E-state index contributed by atoms with van der Waals surface area (Å²) in [6.07, 6.45) is 3.16. The van der Waals surface area contributed by atoms with Gasteiger partial charge in [-0.2, -0.15) is 11.8 Å². The SMILES string of the molecule is CSCCC(C)N(C)c1nc(N)c(Cl)cc1Cl. The van der Waals surface area contributed by atoms with E-state index in [1.807, 2.05) is 23.7 Å². The third-order valence-corrected chi connectivity index (χ3v) is 3.90. The molecular formula is C11H17Cl2N3S. The highest BCUT2D eigenvalue weighted by molar-refractivity contribution is 7.98. The summed E-state index contributed by atoms with van der Waals surface area (Å²) in [5, 5.41) is 0.923. The summed E-state index contributed by atoms with van der Waals surface area (Å²) in [5.74, 6) is 2.10. The number of hydrogen-bond donors (Lipinski definition) is 1. The summed E-state index contributed by atoms with van der Waals surface area (Å²) < 4.78 is 0. The van der Waals surface area contributed by atoms with Crippen molar-refractivity contribution in [1.29, 1.82) is 0 Å². The molecule has 0 aromatic carbocycles. The van der Waals surface area contributed by atoms with E-state index in [0.29, 0.717) is 27.7 Å². The van der Waals surface area contributed by atoms with Crippen LogP contribution in [0.5, 0.6) is 0 Å². The first kappa shape index (κ1) is 14.7. The Balaban J connectivity index is 2.88. The minimum atomic E-state index is 0.315. The van der Waals surface area contributed by atoms with Crippen molar-refractivity contribution in [2.45, 2.75) is 19.4 Å². The second-order valence-corrected chi connectivity index (χ2v) is 5.70. The lowest BCUT2D eigenvalue weighted by Crippen LogP contribution is -2.30. The van der Waals surface area contributed by atoms with Crippen LogP contribution in [0.4, 0.5) is 11.6 Å². The predicted octanol–water partition coefficient (Wildman–Crippen LogP) is 3.55. The number of thioether (sulfide) groups is 1. The Hall–Kier alpha value is -0.320. The highest BCUT2D eigenvalue weighted by Gasteiger charge is 2.16. The highest BCUT2D eigenvalue weighted by atomic mass is 35.5. The number of nitrogens with two attached hydrogens (primary N) is 1. The van der Waals surface area contributed by atoms with E-state index in [2.05, 4.69) is 18.2 Å². The van der Waals surface area contributed by atoms with Crippen molar-refractivity contribution < 1.29 is 0 Å². The molecule has 1 heterocycles. The number of nitrogen functional groups attached to an aromatic ring is 1. The van der Waals surface area contributed by atoms with Crippen LogP contribution in [0.25, 0.3) is 0 Å². The fraction of sp³-hybridized carbons (Fsp3) is 0.545. The summed E-state index contributed by atoms with van der Waals surface area (Å²) in [5.41, 5.74) is 5.70. The standard InChI is InChI=1S/C11H17Cl2N3S/c1-7(4-5-17-3)16(2)11-9(13)6-8(12)10(14)15-11/h6-7H,4-5H2,1-3H3,(H2,14,15). The average molecular weight is 294 g/mol. The Morgan fingerprint density at radius 1 is 1.47 bits per heavy atom. The number of anilines is 2. The molecule has 0 aliphatic carbocycles. The van der Waals surface area contributed by atoms with E-state index in [9.17, 15) is 0 Å². The van der Waals surface area contributed by atoms with Crippen LogP contribution in [0.15, 0.2) is 6.07 Å². The van der Waals surface area contributed by atoms with Crippen molar-refractivity contribution in [3.63, 3.8) is 0 Å². The van der Waals surface area contributed by atoms with Gasteiger partial charge in [-0.05, 0) is 31.4 Å². The van der Waals surface area contributed by atoms with E-state index < -0.39 is 0 Å². The second kappa shape index (κ2) is 6.57. The number of hydrogen-bond acceptors (Lipinski definition) is 4. The Labute approximate surface area is 117 Å². The fourth-order valence-electron chi connectivity index (χ4n) is 1.41. The van der Waals surface area contributed by atoms with Crippen molar-refractivity contribution in [3.8, 4) is 0 Å². The van der Waals surface area contributed by atoms with Crippen LogP contribution in [-0.4, -0.2) is 30.1 Å². The van der Waals surface area contributed by atoms with Gasteiger partial charge in [-0.25, -0.2) is 4.98 Å². The van der Waals surface area contributed by atoms with Crippen molar-refractivity contribution in [2.24, 2.45) is 0 Å². The van der Waals surface area contributed by atoms with Gasteiger partial charge >= 0.3 is 0 Å². The van der Waals surface area contributed by atoms with Gasteiger partial charge in [0.1, 0.15) is 11.6 Å². The summed E-state index contributed by atoms with van der Waals surface area (Å²) in [6.45, 7) is 2.14. The third kappa shape index (κ3) is 3.83. The van der Waals surface area contributed by atoms with Crippen molar-refractivity contribution in [3.05, 3.63) is 16.1 Å². The van der Waals surface area contributed by atoms with E-state index >= 15 is 0 Å². The van der Waals surface area contributed by atoms with Crippen LogP contribution in [0, 0.1) is 0 Å². The Morgan fingerprint density at radius 3 is 2.71 bits per heavy atom. The van der Waals surface area contributed by atoms with E-state index in [0.717, 1.165) is 12.2 Å². The molecule has 1 rings (SSSR count). The fourth-order valence-corrected chi connectivity index (χ4v) is 2.48. The van der Waals surface area contributed by atoms with Gasteiger partial charge in [-0.3, -0.25) is 0 Å². The first-order chi connectivity index (χ1) is 7.97. The molecule has 0 saturated heterocycles. The summed E-state index contributed by atoms with van der Waals surface area (Å²) in [7, 11) is 1.96. The molecular weight excluding hydrogens is 277 g/mol. The maximum absolute atomic E-state index is 6.13. The first-order valence-electron chi connectivity index (χ1n) is 5.30. The van der Waals surface area contributed by atoms with Gasteiger partial charge in [0, 0.05) is 13.1 Å². The molecule has 1 atom stereocenters. The maximum Gasteiger partial charge on any atom is 0.149 e. The van der Waals surface area contributed by atoms with Crippen molar-refractivity contribution >= 4 is 46.6 Å². The van der Waals surface area contributed by atoms with E-state index in [1.165, 1.54) is 0 Å². The van der Waals surface area contributed by atoms with Crippen molar-refractivity contribution in [1.82, 2.24) is 4.98 Å². The predicted molar refractivity (Wildman–Crippen MR) is 79.5 cm³/mol. The molecule has 0 spiro atoms. The van der Waals surface area contributed by atoms with Crippen LogP contribution in [0.1, 0.15) is 13.3 Å². The highest BCUT2D eigenvalue weighted by Crippen LogP contribution is 2.30. The Kier molecular flexibility index (Phi) is 5.70. The topological polar surface area (TPSA) is 42.2 Å². The largest absolute Gasteiger partial charge is 0.382 e. The van der Waals surface area contributed by atoms with Crippen LogP contribution in [-0.2, 0) is 0 Å². The lowest BCUT2D eigenvalue weighted by atomic mass is 10.2. The molecule has 1 aromatic heterocycles. The molecule has 0 aliphatic heterocycles. The van der Waals surface area contributed by atoms with Gasteiger partial charge in [0.25, 0.3) is 0 Å². The zero-order valence-electron chi connectivity index (χ0n) is 10.2. The molecule has 0 saturated carbocycles. The Morgan fingerprint density at radius 2 is 2.12 bits per heavy atom. The summed E-state index contributed by atoms with van der Waals surface area (Å²) >= 11 is 13.8. The molecule has 2 N–H and O–H groups in total. The van der Waals surface area contributed by atoms with Crippen LogP contribution >= 0.6 is 35.0 Å². The number of aromatic nitrogens is 1. The minimum absolute atomic E-state index is 0.315. The van der Waals surface area contributed by atoms with Gasteiger partial charge in [-0.1, -0.05) is 23.2 Å². The molecule has 0 bridgehead atoms. The second-order valence-electron chi connectivity index (χ2n) is 3.90. The molecule has 1 aromatic rings. The quantitative estimate of drug-likeness (QED) is 0.902. The van der Waals surface area contributed by atoms with Gasteiger partial charge in [0.05, 0.1) is 10.0 Å². The number of rotatable bonds is 5. The van der Waals surface area contributed by atoms with Gasteiger partial charge in [-0.15, -0.1) is 0 Å². The van der Waals surface area contributed by atoms with Crippen LogP contribution in [0.3, 0.4) is 0 Å². The molecule has 1 unspecified atom stereocenters. The number of pyridine rings is 1. The third-order valence-electron chi connectivity index (χ3n) is 2.67. The van der Waals surface area contributed by atoms with Crippen molar-refractivity contribution in [2.75, 3.05) is 29.7 Å². The molecule has 0 amide bonds. The van der Waals surface area contributed by atoms with Gasteiger partial charge in [0.15, 0.2) is 0 Å². The van der Waals surface area contributed by atoms with Crippen LogP contribution in [0.2, 0.25) is 10.0 Å². The minimum Gasteiger partial charge on any atom is -0.382 e. The maximum atomic E-state index is 6.13. The molecule has 96 valence electrons. The Bertz CT molecular complexity index is 387. The molecule has 0 radical (unpaired) electrons. The lowest BCUT2D eigenvalue weighted by molar-refractivity contribution is 0.663. The molecule has 0 fully saturated rings. The summed E-state index contributed by atoms with van der Waals surface area (Å²) in [6, 6.07) is 1.99. The average Bonchev–Trinajstić information content (AvgIpc) is 2.29. The number of halogens is 2. The van der Waals surface area contributed by atoms with E-state index in [-0.39, 0.29) is 0 Å². The zero-order valence-corrected chi connectivity index (χ0v) is 12.5. The molecule has 3 nitrogen and oxygen atoms in total. The van der Waals surface area contributed by atoms with Gasteiger partial charge < -0.3 is 10.6 Å². The lowest BCUT2D eigenvalue weighted by Gasteiger charge is -2.27. The zero-order chi connectivity index (χ0) is 13.0. The van der Waals surface area contributed by atoms with Crippen LogP contribution < -0.4 is 10.6 Å². The first-order valence-corrected chi connectivity index (χ1v) is 7.45. The molecule has 0 aliphatic rings. The van der Waals surface area contributed by atoms with E-state index in [4.69, 9.17) is 28.9 Å².